The average molecular weight is 264 g/mol. The summed E-state index contributed by atoms with van der Waals surface area (Å²) in [5, 5.41) is 6.13. The van der Waals surface area contributed by atoms with Crippen molar-refractivity contribution < 1.29 is 19.0 Å². The Bertz CT molecular complexity index is 504. The van der Waals surface area contributed by atoms with Crippen molar-refractivity contribution in [1.82, 2.24) is 10.6 Å². The highest BCUT2D eigenvalue weighted by Crippen LogP contribution is 2.41. The van der Waals surface area contributed by atoms with E-state index in [1.54, 1.807) is 7.11 Å². The van der Waals surface area contributed by atoms with Gasteiger partial charge in [-0.2, -0.15) is 0 Å². The van der Waals surface area contributed by atoms with E-state index in [4.69, 9.17) is 14.2 Å². The average Bonchev–Trinajstić information content (AvgIpc) is 3.03. The number of nitrogens with one attached hydrogen (secondary N) is 2. The number of rotatable bonds is 4. The summed E-state index contributed by atoms with van der Waals surface area (Å²) in [5.74, 6) is 2.13. The van der Waals surface area contributed by atoms with Crippen LogP contribution >= 0.6 is 0 Å². The van der Waals surface area contributed by atoms with E-state index in [1.165, 1.54) is 0 Å². The van der Waals surface area contributed by atoms with Gasteiger partial charge in [-0.05, 0) is 17.7 Å². The molecule has 19 heavy (non-hydrogen) atoms. The quantitative estimate of drug-likeness (QED) is 0.824. The molecule has 1 aromatic carbocycles. The van der Waals surface area contributed by atoms with Crippen molar-refractivity contribution in [3.05, 3.63) is 17.7 Å². The highest BCUT2D eigenvalue weighted by Gasteiger charge is 2.22. The van der Waals surface area contributed by atoms with Crippen molar-refractivity contribution in [3.63, 3.8) is 0 Å². The SMILES string of the molecule is COc1cc(CNC2CNC(=O)C2)cc2c1OCO2. The summed E-state index contributed by atoms with van der Waals surface area (Å²) in [7, 11) is 1.61. The van der Waals surface area contributed by atoms with Gasteiger partial charge in [0.2, 0.25) is 18.4 Å². The molecule has 1 atom stereocenters. The zero-order valence-corrected chi connectivity index (χ0v) is 10.7. The van der Waals surface area contributed by atoms with Gasteiger partial charge in [-0.1, -0.05) is 0 Å². The molecule has 1 saturated heterocycles. The molecule has 1 unspecified atom stereocenters. The molecule has 0 aliphatic carbocycles. The Kier molecular flexibility index (Phi) is 3.16. The predicted molar refractivity (Wildman–Crippen MR) is 67.4 cm³/mol. The predicted octanol–water partition coefficient (Wildman–Crippen LogP) is 0.402. The minimum absolute atomic E-state index is 0.0979. The van der Waals surface area contributed by atoms with Gasteiger partial charge in [-0.3, -0.25) is 4.79 Å². The molecule has 6 heteroatoms. The Balaban J connectivity index is 1.69. The van der Waals surface area contributed by atoms with Crippen LogP contribution in [0, 0.1) is 0 Å². The summed E-state index contributed by atoms with van der Waals surface area (Å²) in [6, 6.07) is 4.04. The summed E-state index contributed by atoms with van der Waals surface area (Å²) in [4.78, 5) is 11.1. The van der Waals surface area contributed by atoms with Gasteiger partial charge in [0.05, 0.1) is 7.11 Å². The second-order valence-electron chi connectivity index (χ2n) is 4.62. The van der Waals surface area contributed by atoms with Gasteiger partial charge >= 0.3 is 0 Å². The van der Waals surface area contributed by atoms with Crippen LogP contribution in [0.25, 0.3) is 0 Å². The Morgan fingerprint density at radius 3 is 3.11 bits per heavy atom. The van der Waals surface area contributed by atoms with E-state index in [1.807, 2.05) is 12.1 Å². The first kappa shape index (κ1) is 12.1. The first-order valence-corrected chi connectivity index (χ1v) is 6.23. The molecular weight excluding hydrogens is 248 g/mol. The summed E-state index contributed by atoms with van der Waals surface area (Å²) in [5.41, 5.74) is 1.04. The number of amides is 1. The van der Waals surface area contributed by atoms with Crippen molar-refractivity contribution in [2.75, 3.05) is 20.4 Å². The highest BCUT2D eigenvalue weighted by molar-refractivity contribution is 5.78. The molecule has 2 aliphatic heterocycles. The summed E-state index contributed by atoms with van der Waals surface area (Å²) in [6.45, 7) is 1.57. The molecule has 3 rings (SSSR count). The molecule has 1 fully saturated rings. The lowest BCUT2D eigenvalue weighted by Gasteiger charge is -2.12. The lowest BCUT2D eigenvalue weighted by Crippen LogP contribution is -2.30. The van der Waals surface area contributed by atoms with Crippen molar-refractivity contribution in [2.45, 2.75) is 19.0 Å². The minimum atomic E-state index is 0.0979. The fourth-order valence-corrected chi connectivity index (χ4v) is 2.30. The Labute approximate surface area is 111 Å². The Morgan fingerprint density at radius 1 is 1.47 bits per heavy atom. The van der Waals surface area contributed by atoms with Crippen molar-refractivity contribution in [1.29, 1.82) is 0 Å². The van der Waals surface area contributed by atoms with Crippen LogP contribution in [-0.4, -0.2) is 32.4 Å². The molecule has 0 saturated carbocycles. The Morgan fingerprint density at radius 2 is 2.37 bits per heavy atom. The number of methoxy groups -OCH3 is 1. The lowest BCUT2D eigenvalue weighted by molar-refractivity contribution is -0.119. The second kappa shape index (κ2) is 4.97. The number of benzene rings is 1. The van der Waals surface area contributed by atoms with Gasteiger partial charge in [0.1, 0.15) is 0 Å². The smallest absolute Gasteiger partial charge is 0.231 e. The number of carbonyl (C=O) groups excluding carboxylic acids is 1. The molecule has 0 bridgehead atoms. The molecule has 0 radical (unpaired) electrons. The van der Waals surface area contributed by atoms with E-state index >= 15 is 0 Å². The third-order valence-electron chi connectivity index (χ3n) is 3.29. The number of ether oxygens (including phenoxy) is 3. The maximum absolute atomic E-state index is 11.1. The number of hydrogen-bond donors (Lipinski definition) is 2. The van der Waals surface area contributed by atoms with Crippen molar-refractivity contribution in [2.24, 2.45) is 0 Å². The first-order chi connectivity index (χ1) is 9.26. The molecule has 1 aromatic rings. The van der Waals surface area contributed by atoms with Crippen LogP contribution in [0.5, 0.6) is 17.2 Å². The number of hydrogen-bond acceptors (Lipinski definition) is 5. The minimum Gasteiger partial charge on any atom is -0.493 e. The molecule has 2 heterocycles. The maximum atomic E-state index is 11.1. The van der Waals surface area contributed by atoms with E-state index in [9.17, 15) is 4.79 Å². The second-order valence-corrected chi connectivity index (χ2v) is 4.62. The fraction of sp³-hybridized carbons (Fsp3) is 0.462. The third-order valence-corrected chi connectivity index (χ3v) is 3.29. The molecule has 2 aliphatic rings. The van der Waals surface area contributed by atoms with E-state index in [2.05, 4.69) is 10.6 Å². The van der Waals surface area contributed by atoms with Crippen molar-refractivity contribution in [3.8, 4) is 17.2 Å². The summed E-state index contributed by atoms with van der Waals surface area (Å²) < 4.78 is 16.0. The van der Waals surface area contributed by atoms with Gasteiger partial charge in [0.15, 0.2) is 11.5 Å². The monoisotopic (exact) mass is 264 g/mol. The molecule has 0 spiro atoms. The van der Waals surface area contributed by atoms with Gasteiger partial charge in [-0.25, -0.2) is 0 Å². The molecule has 6 nitrogen and oxygen atoms in total. The van der Waals surface area contributed by atoms with E-state index in [-0.39, 0.29) is 18.7 Å². The Hall–Kier alpha value is -1.95. The van der Waals surface area contributed by atoms with Gasteiger partial charge < -0.3 is 24.8 Å². The largest absolute Gasteiger partial charge is 0.493 e. The normalized spacial score (nSPS) is 20.5. The molecular formula is C13H16N2O4. The van der Waals surface area contributed by atoms with Gasteiger partial charge in [0, 0.05) is 25.6 Å². The molecule has 0 aromatic heterocycles. The third kappa shape index (κ3) is 2.44. The summed E-state index contributed by atoms with van der Waals surface area (Å²) >= 11 is 0. The zero-order valence-electron chi connectivity index (χ0n) is 10.7. The number of fused-ring (bicyclic) bond motifs is 1. The van der Waals surface area contributed by atoms with E-state index in [0.717, 1.165) is 5.56 Å². The molecule has 2 N–H and O–H groups in total. The van der Waals surface area contributed by atoms with E-state index in [0.29, 0.717) is 36.8 Å². The topological polar surface area (TPSA) is 68.8 Å². The highest BCUT2D eigenvalue weighted by atomic mass is 16.7. The molecule has 102 valence electrons. The van der Waals surface area contributed by atoms with Crippen LogP contribution in [0.1, 0.15) is 12.0 Å². The summed E-state index contributed by atoms with van der Waals surface area (Å²) in [6.07, 6.45) is 0.529. The fourth-order valence-electron chi connectivity index (χ4n) is 2.30. The van der Waals surface area contributed by atoms with Crippen LogP contribution < -0.4 is 24.8 Å². The van der Waals surface area contributed by atoms with Gasteiger partial charge in [0.25, 0.3) is 0 Å². The van der Waals surface area contributed by atoms with Gasteiger partial charge in [-0.15, -0.1) is 0 Å². The maximum Gasteiger partial charge on any atom is 0.231 e. The molecule has 1 amide bonds. The standard InChI is InChI=1S/C13H16N2O4/c1-17-10-2-8(3-11-13(10)19-7-18-11)5-14-9-4-12(16)15-6-9/h2-3,9,14H,4-7H2,1H3,(H,15,16). The van der Waals surface area contributed by atoms with Crippen LogP contribution in [0.2, 0.25) is 0 Å². The zero-order chi connectivity index (χ0) is 13.2. The lowest BCUT2D eigenvalue weighted by atomic mass is 10.1. The van der Waals surface area contributed by atoms with Crippen LogP contribution in [0.3, 0.4) is 0 Å². The van der Waals surface area contributed by atoms with Crippen LogP contribution in [0.4, 0.5) is 0 Å². The van der Waals surface area contributed by atoms with Crippen LogP contribution in [-0.2, 0) is 11.3 Å². The van der Waals surface area contributed by atoms with Crippen molar-refractivity contribution >= 4 is 5.91 Å². The number of carbonyl (C=O) groups is 1. The first-order valence-electron chi connectivity index (χ1n) is 6.23. The van der Waals surface area contributed by atoms with Crippen LogP contribution in [0.15, 0.2) is 12.1 Å². The van der Waals surface area contributed by atoms with E-state index < -0.39 is 0 Å².